The Labute approximate surface area is 135 Å². The summed E-state index contributed by atoms with van der Waals surface area (Å²) in [5, 5.41) is 14.6. The summed E-state index contributed by atoms with van der Waals surface area (Å²) < 4.78 is 5.14. The van der Waals surface area contributed by atoms with Crippen LogP contribution in [0.2, 0.25) is 0 Å². The van der Waals surface area contributed by atoms with Crippen LogP contribution in [0.15, 0.2) is 48.5 Å². The van der Waals surface area contributed by atoms with Gasteiger partial charge in [-0.15, -0.1) is 0 Å². The zero-order valence-electron chi connectivity index (χ0n) is 13.2. The molecule has 118 valence electrons. The van der Waals surface area contributed by atoms with Crippen LogP contribution in [0.3, 0.4) is 0 Å². The van der Waals surface area contributed by atoms with Crippen molar-refractivity contribution in [2.75, 3.05) is 12.4 Å². The highest BCUT2D eigenvalue weighted by molar-refractivity contribution is 5.89. The summed E-state index contributed by atoms with van der Waals surface area (Å²) in [4.78, 5) is 12.1. The van der Waals surface area contributed by atoms with Crippen LogP contribution in [0.1, 0.15) is 30.5 Å². The van der Waals surface area contributed by atoms with Crippen molar-refractivity contribution in [3.8, 4) is 11.8 Å². The Hall–Kier alpha value is -3.00. The monoisotopic (exact) mass is 309 g/mol. The number of ether oxygens (including phenoxy) is 1. The number of hydrogen-bond acceptors (Lipinski definition) is 3. The third-order valence-corrected chi connectivity index (χ3v) is 3.48. The van der Waals surface area contributed by atoms with Gasteiger partial charge in [0.05, 0.1) is 24.8 Å². The second-order valence-corrected chi connectivity index (χ2v) is 5.03. The van der Waals surface area contributed by atoms with Gasteiger partial charge in [0.1, 0.15) is 5.75 Å². The van der Waals surface area contributed by atoms with Crippen molar-refractivity contribution in [1.29, 1.82) is 5.26 Å². The van der Waals surface area contributed by atoms with E-state index in [2.05, 4.69) is 10.6 Å². The maximum absolute atomic E-state index is 12.1. The molecule has 0 spiro atoms. The number of methoxy groups -OCH3 is 1. The van der Waals surface area contributed by atoms with E-state index in [1.54, 1.807) is 31.4 Å². The topological polar surface area (TPSA) is 74.2 Å². The van der Waals surface area contributed by atoms with Gasteiger partial charge in [-0.2, -0.15) is 5.26 Å². The molecule has 2 rings (SSSR count). The van der Waals surface area contributed by atoms with E-state index in [1.165, 1.54) is 0 Å². The van der Waals surface area contributed by atoms with Crippen molar-refractivity contribution in [3.05, 3.63) is 59.7 Å². The number of anilines is 1. The minimum Gasteiger partial charge on any atom is -0.497 e. The van der Waals surface area contributed by atoms with E-state index in [-0.39, 0.29) is 12.1 Å². The first-order valence-electron chi connectivity index (χ1n) is 7.38. The Morgan fingerprint density at radius 1 is 1.26 bits per heavy atom. The molecule has 2 N–H and O–H groups in total. The van der Waals surface area contributed by atoms with Crippen LogP contribution in [0.25, 0.3) is 0 Å². The lowest BCUT2D eigenvalue weighted by Crippen LogP contribution is -2.32. The van der Waals surface area contributed by atoms with E-state index >= 15 is 0 Å². The molecule has 0 saturated heterocycles. The van der Waals surface area contributed by atoms with Gasteiger partial charge in [-0.05, 0) is 42.3 Å². The molecule has 23 heavy (non-hydrogen) atoms. The van der Waals surface area contributed by atoms with Crippen molar-refractivity contribution < 1.29 is 9.53 Å². The van der Waals surface area contributed by atoms with Crippen LogP contribution in [-0.4, -0.2) is 13.1 Å². The molecule has 0 aliphatic heterocycles. The van der Waals surface area contributed by atoms with Crippen molar-refractivity contribution in [2.24, 2.45) is 0 Å². The fraction of sp³-hybridized carbons (Fsp3) is 0.222. The molecule has 0 aliphatic carbocycles. The van der Waals surface area contributed by atoms with Crippen LogP contribution in [-0.2, 0) is 0 Å². The summed E-state index contributed by atoms with van der Waals surface area (Å²) in [6.07, 6.45) is 0.762. The Kier molecular flexibility index (Phi) is 5.59. The van der Waals surface area contributed by atoms with Gasteiger partial charge in [0.15, 0.2) is 0 Å². The molecule has 0 aliphatic rings. The van der Waals surface area contributed by atoms with Gasteiger partial charge >= 0.3 is 6.03 Å². The van der Waals surface area contributed by atoms with Gasteiger partial charge < -0.3 is 15.4 Å². The van der Waals surface area contributed by atoms with Crippen molar-refractivity contribution in [1.82, 2.24) is 5.32 Å². The number of hydrogen-bond donors (Lipinski definition) is 2. The quantitative estimate of drug-likeness (QED) is 0.881. The van der Waals surface area contributed by atoms with Gasteiger partial charge in [0.2, 0.25) is 0 Å². The average Bonchev–Trinajstić information content (AvgIpc) is 2.60. The predicted octanol–water partition coefficient (Wildman–Crippen LogP) is 3.84. The number of carbonyl (C=O) groups excluding carboxylic acids is 1. The largest absolute Gasteiger partial charge is 0.497 e. The number of nitriles is 1. The predicted molar refractivity (Wildman–Crippen MR) is 89.3 cm³/mol. The van der Waals surface area contributed by atoms with Gasteiger partial charge in [-0.25, -0.2) is 4.79 Å². The molecular weight excluding hydrogens is 290 g/mol. The number of rotatable bonds is 5. The number of nitrogens with one attached hydrogen (secondary N) is 2. The fourth-order valence-electron chi connectivity index (χ4n) is 2.25. The highest BCUT2D eigenvalue weighted by Crippen LogP contribution is 2.20. The molecule has 0 aromatic heterocycles. The first-order valence-corrected chi connectivity index (χ1v) is 7.38. The molecule has 0 fully saturated rings. The molecule has 5 nitrogen and oxygen atoms in total. The van der Waals surface area contributed by atoms with Crippen LogP contribution in [0.4, 0.5) is 10.5 Å². The SMILES string of the molecule is CCC(NC(=O)Nc1cccc(C#N)c1)c1ccc(OC)cc1. The lowest BCUT2D eigenvalue weighted by molar-refractivity contribution is 0.248. The van der Waals surface area contributed by atoms with E-state index < -0.39 is 0 Å². The first-order chi connectivity index (χ1) is 11.2. The number of nitrogens with zero attached hydrogens (tertiary/aromatic N) is 1. The highest BCUT2D eigenvalue weighted by atomic mass is 16.5. The molecular formula is C18H19N3O2. The van der Waals surface area contributed by atoms with Crippen molar-refractivity contribution in [2.45, 2.75) is 19.4 Å². The minimum absolute atomic E-state index is 0.0972. The second kappa shape index (κ2) is 7.85. The zero-order valence-corrected chi connectivity index (χ0v) is 13.2. The van der Waals surface area contributed by atoms with Gasteiger partial charge in [0.25, 0.3) is 0 Å². The standard InChI is InChI=1S/C18H19N3O2/c1-3-17(14-7-9-16(23-2)10-8-14)21-18(22)20-15-6-4-5-13(11-15)12-19/h4-11,17H,3H2,1-2H3,(H2,20,21,22). The fourth-order valence-corrected chi connectivity index (χ4v) is 2.25. The number of benzene rings is 2. The summed E-state index contributed by atoms with van der Waals surface area (Å²) in [6, 6.07) is 16.1. The molecule has 0 heterocycles. The lowest BCUT2D eigenvalue weighted by atomic mass is 10.0. The van der Waals surface area contributed by atoms with E-state index in [0.29, 0.717) is 11.3 Å². The maximum Gasteiger partial charge on any atom is 0.319 e. The van der Waals surface area contributed by atoms with Crippen LogP contribution >= 0.6 is 0 Å². The molecule has 0 saturated carbocycles. The van der Waals surface area contributed by atoms with Crippen LogP contribution in [0, 0.1) is 11.3 Å². The Bertz CT molecular complexity index is 705. The summed E-state index contributed by atoms with van der Waals surface area (Å²) in [5.74, 6) is 0.779. The molecule has 1 atom stereocenters. The van der Waals surface area contributed by atoms with Crippen LogP contribution in [0.5, 0.6) is 5.75 Å². The van der Waals surface area contributed by atoms with Gasteiger partial charge in [0, 0.05) is 5.69 Å². The number of urea groups is 1. The molecule has 0 bridgehead atoms. The molecule has 1 unspecified atom stereocenters. The zero-order chi connectivity index (χ0) is 16.7. The summed E-state index contributed by atoms with van der Waals surface area (Å²) in [5.41, 5.74) is 2.10. The maximum atomic E-state index is 12.1. The third kappa shape index (κ3) is 4.48. The number of amides is 2. The normalized spacial score (nSPS) is 11.2. The van der Waals surface area contributed by atoms with Crippen molar-refractivity contribution >= 4 is 11.7 Å². The van der Waals surface area contributed by atoms with E-state index in [9.17, 15) is 4.79 Å². The molecule has 0 radical (unpaired) electrons. The molecule has 2 amide bonds. The van der Waals surface area contributed by atoms with Gasteiger partial charge in [-0.1, -0.05) is 25.1 Å². The van der Waals surface area contributed by atoms with E-state index in [0.717, 1.165) is 17.7 Å². The molecule has 5 heteroatoms. The lowest BCUT2D eigenvalue weighted by Gasteiger charge is -2.18. The minimum atomic E-state index is -0.303. The summed E-state index contributed by atoms with van der Waals surface area (Å²) >= 11 is 0. The molecule has 2 aromatic carbocycles. The van der Waals surface area contributed by atoms with Crippen LogP contribution < -0.4 is 15.4 Å². The highest BCUT2D eigenvalue weighted by Gasteiger charge is 2.13. The Balaban J connectivity index is 2.02. The number of carbonyl (C=O) groups is 1. The average molecular weight is 309 g/mol. The van der Waals surface area contributed by atoms with E-state index in [1.807, 2.05) is 37.3 Å². The second-order valence-electron chi connectivity index (χ2n) is 5.03. The Morgan fingerprint density at radius 2 is 2.00 bits per heavy atom. The summed E-state index contributed by atoms with van der Waals surface area (Å²) in [7, 11) is 1.62. The molecule has 2 aromatic rings. The third-order valence-electron chi connectivity index (χ3n) is 3.48. The van der Waals surface area contributed by atoms with Gasteiger partial charge in [-0.3, -0.25) is 0 Å². The smallest absolute Gasteiger partial charge is 0.319 e. The van der Waals surface area contributed by atoms with Crippen molar-refractivity contribution in [3.63, 3.8) is 0 Å². The summed E-state index contributed by atoms with van der Waals surface area (Å²) in [6.45, 7) is 2.01. The van der Waals surface area contributed by atoms with E-state index in [4.69, 9.17) is 10.00 Å². The Morgan fingerprint density at radius 3 is 2.61 bits per heavy atom. The first kappa shape index (κ1) is 16.4.